The van der Waals surface area contributed by atoms with Gasteiger partial charge in [-0.1, -0.05) is 84.0 Å². The molecular formula is C50H72BN5O7. The molecule has 2 bridgehead atoms. The zero-order chi connectivity index (χ0) is 45.6. The molecule has 342 valence electrons. The number of benzene rings is 2. The normalized spacial score (nSPS) is 25.3. The number of rotatable bonds is 22. The predicted molar refractivity (Wildman–Crippen MR) is 247 cm³/mol. The highest BCUT2D eigenvalue weighted by molar-refractivity contribution is 6.47. The maximum atomic E-state index is 14.2. The van der Waals surface area contributed by atoms with Gasteiger partial charge in [-0.15, -0.1) is 0 Å². The Kier molecular flexibility index (Phi) is 15.8. The number of likely N-dealkylation sites (tertiary alicyclic amines) is 1. The van der Waals surface area contributed by atoms with E-state index in [0.717, 1.165) is 43.2 Å². The summed E-state index contributed by atoms with van der Waals surface area (Å²) >= 11 is 0. The Labute approximate surface area is 375 Å². The second-order valence-electron chi connectivity index (χ2n) is 19.9. The fourth-order valence-electron chi connectivity index (χ4n) is 10.7. The fourth-order valence-corrected chi connectivity index (χ4v) is 10.7. The van der Waals surface area contributed by atoms with Crippen molar-refractivity contribution in [3.63, 3.8) is 0 Å². The number of carbonyl (C=O) groups is 5. The van der Waals surface area contributed by atoms with Crippen LogP contribution >= 0.6 is 0 Å². The Morgan fingerprint density at radius 3 is 2.22 bits per heavy atom. The molecular weight excluding hydrogens is 793 g/mol. The molecule has 13 heteroatoms. The number of ketones is 2. The van der Waals surface area contributed by atoms with E-state index in [4.69, 9.17) is 20.8 Å². The molecule has 7 rings (SSSR count). The number of carbonyl (C=O) groups excluding carboxylic acids is 5. The number of aryl methyl sites for hydroxylation is 1. The molecule has 0 spiro atoms. The van der Waals surface area contributed by atoms with E-state index in [2.05, 4.69) is 69.2 Å². The number of unbranched alkanes of at least 4 members (excludes halogenated alkanes) is 2. The second kappa shape index (κ2) is 20.7. The average Bonchev–Trinajstić information content (AvgIpc) is 3.90. The van der Waals surface area contributed by atoms with Crippen LogP contribution in [0.15, 0.2) is 60.8 Å². The summed E-state index contributed by atoms with van der Waals surface area (Å²) in [5.41, 5.74) is 15.6. The van der Waals surface area contributed by atoms with Gasteiger partial charge < -0.3 is 36.3 Å². The third kappa shape index (κ3) is 11.0. The van der Waals surface area contributed by atoms with Crippen molar-refractivity contribution in [3.8, 4) is 11.1 Å². The van der Waals surface area contributed by atoms with Gasteiger partial charge in [-0.2, -0.15) is 0 Å². The summed E-state index contributed by atoms with van der Waals surface area (Å²) in [7, 11) is -0.533. The lowest BCUT2D eigenvalue weighted by molar-refractivity contribution is -0.199. The first-order valence-electron chi connectivity index (χ1n) is 23.6. The summed E-state index contributed by atoms with van der Waals surface area (Å²) in [6, 6.07) is 13.3. The Morgan fingerprint density at radius 2 is 1.59 bits per heavy atom. The Balaban J connectivity index is 1.03. The minimum absolute atomic E-state index is 0.00561. The first-order chi connectivity index (χ1) is 30.0. The Hall–Kier alpha value is -4.33. The molecule has 63 heavy (non-hydrogen) atoms. The lowest BCUT2D eigenvalue weighted by atomic mass is 9.43. The van der Waals surface area contributed by atoms with E-state index in [0.29, 0.717) is 62.6 Å². The summed E-state index contributed by atoms with van der Waals surface area (Å²) in [5, 5.41) is 5.82. The molecule has 3 aliphatic carbocycles. The van der Waals surface area contributed by atoms with Crippen LogP contribution in [0.4, 0.5) is 0 Å². The van der Waals surface area contributed by atoms with Crippen molar-refractivity contribution in [3.05, 3.63) is 71.9 Å². The standard InChI is InChI=1S/C50H72BN5O7/c1-8-9-13-34-16-18-35(19-17-34)36-20-22-37(23-21-36)47(60)54-39(14-10-11-24-52)48(61)56-25-12-15-41(56)43(58)26-31(2)46(59)55-40(28-33(4)53)42(57)27-32(3)51-62-45-30-38-29-44(49(38,5)6)50(45,7)63-51/h16-23,31-32,38-41,44-45H,4,8-15,24-30,52-53H2,1-3,5-7H3,(H,54,60)(H,55,59)/t31-,32-,38+,39+,40+,41+,44+,45?,50+/m1/s1. The predicted octanol–water partition coefficient (Wildman–Crippen LogP) is 6.93. The quantitative estimate of drug-likeness (QED) is 0.0720. The summed E-state index contributed by atoms with van der Waals surface area (Å²) in [4.78, 5) is 70.7. The lowest BCUT2D eigenvalue weighted by Gasteiger charge is -2.64. The summed E-state index contributed by atoms with van der Waals surface area (Å²) in [5.74, 6) is -1.64. The summed E-state index contributed by atoms with van der Waals surface area (Å²) in [6.45, 7) is 17.1. The summed E-state index contributed by atoms with van der Waals surface area (Å²) in [6.07, 6.45) is 8.22. The lowest BCUT2D eigenvalue weighted by Crippen LogP contribution is -2.65. The molecule has 12 nitrogen and oxygen atoms in total. The first-order valence-corrected chi connectivity index (χ1v) is 23.6. The zero-order valence-corrected chi connectivity index (χ0v) is 38.6. The molecule has 0 radical (unpaired) electrons. The van der Waals surface area contributed by atoms with Gasteiger partial charge in [-0.3, -0.25) is 24.0 Å². The van der Waals surface area contributed by atoms with E-state index in [1.807, 2.05) is 19.1 Å². The van der Waals surface area contributed by atoms with Gasteiger partial charge in [-0.25, -0.2) is 0 Å². The van der Waals surface area contributed by atoms with Crippen molar-refractivity contribution in [2.24, 2.45) is 34.6 Å². The number of hydrogen-bond acceptors (Lipinski definition) is 9. The van der Waals surface area contributed by atoms with Crippen molar-refractivity contribution in [1.29, 1.82) is 0 Å². The second-order valence-corrected chi connectivity index (χ2v) is 19.9. The molecule has 3 amide bonds. The van der Waals surface area contributed by atoms with Crippen molar-refractivity contribution >= 4 is 36.4 Å². The molecule has 2 aromatic carbocycles. The molecule has 2 aromatic rings. The molecule has 1 unspecified atom stereocenters. The van der Waals surface area contributed by atoms with E-state index in [9.17, 15) is 24.0 Å². The van der Waals surface area contributed by atoms with Crippen LogP contribution in [0, 0.1) is 23.2 Å². The van der Waals surface area contributed by atoms with Gasteiger partial charge in [0.1, 0.15) is 6.04 Å². The van der Waals surface area contributed by atoms with Crippen LogP contribution < -0.4 is 22.1 Å². The van der Waals surface area contributed by atoms with Crippen LogP contribution in [0.2, 0.25) is 5.82 Å². The third-order valence-electron chi connectivity index (χ3n) is 14.8. The largest absolute Gasteiger partial charge is 0.461 e. The minimum atomic E-state index is -0.929. The van der Waals surface area contributed by atoms with E-state index in [-0.39, 0.29) is 65.7 Å². The molecule has 2 heterocycles. The van der Waals surface area contributed by atoms with E-state index in [1.165, 1.54) is 5.56 Å². The van der Waals surface area contributed by atoms with Crippen molar-refractivity contribution < 1.29 is 33.3 Å². The molecule has 0 aromatic heterocycles. The smallest absolute Gasteiger partial charge is 0.405 e. The van der Waals surface area contributed by atoms with Gasteiger partial charge in [0.15, 0.2) is 11.6 Å². The molecule has 9 atom stereocenters. The number of nitrogens with one attached hydrogen (secondary N) is 2. The van der Waals surface area contributed by atoms with Crippen molar-refractivity contribution in [2.45, 2.75) is 161 Å². The monoisotopic (exact) mass is 866 g/mol. The van der Waals surface area contributed by atoms with Gasteiger partial charge in [0, 0.05) is 43.0 Å². The number of Topliss-reactive ketones (excluding diaryl/α,β-unsaturated/α-hetero) is 2. The average molecular weight is 866 g/mol. The van der Waals surface area contributed by atoms with Crippen LogP contribution in [0.5, 0.6) is 0 Å². The number of nitrogens with zero attached hydrogens (tertiary/aromatic N) is 1. The molecule has 6 N–H and O–H groups in total. The van der Waals surface area contributed by atoms with Crippen LogP contribution in [0.25, 0.3) is 11.1 Å². The highest BCUT2D eigenvalue weighted by Crippen LogP contribution is 2.66. The number of nitrogens with two attached hydrogens (primary N) is 2. The van der Waals surface area contributed by atoms with Gasteiger partial charge in [0.05, 0.1) is 23.8 Å². The van der Waals surface area contributed by atoms with Crippen LogP contribution in [-0.2, 0) is 34.9 Å². The van der Waals surface area contributed by atoms with Gasteiger partial charge in [-0.05, 0) is 123 Å². The number of hydrogen-bond donors (Lipinski definition) is 4. The van der Waals surface area contributed by atoms with Crippen molar-refractivity contribution in [1.82, 2.24) is 15.5 Å². The Morgan fingerprint density at radius 1 is 0.905 bits per heavy atom. The van der Waals surface area contributed by atoms with Crippen LogP contribution in [0.3, 0.4) is 0 Å². The van der Waals surface area contributed by atoms with E-state index in [1.54, 1.807) is 24.0 Å². The highest BCUT2D eigenvalue weighted by atomic mass is 16.7. The van der Waals surface area contributed by atoms with Crippen LogP contribution in [-0.4, -0.2) is 84.2 Å². The SMILES string of the molecule is C=C(N)C[C@H](NC(=O)[C@H](C)CC(=O)[C@@H]1CCCN1C(=O)[C@H](CCCCN)NC(=O)c1ccc(-c2ccc(CCCC)cc2)cc1)C(=O)C[C@@H](C)B1OC2C[C@@H]3C[C@@H](C3(C)C)[C@]2(C)O1. The van der Waals surface area contributed by atoms with Crippen LogP contribution in [0.1, 0.15) is 135 Å². The highest BCUT2D eigenvalue weighted by Gasteiger charge is 2.68. The van der Waals surface area contributed by atoms with Gasteiger partial charge in [0.25, 0.3) is 5.91 Å². The fraction of sp³-hybridized carbons (Fsp3) is 0.620. The maximum Gasteiger partial charge on any atom is 0.461 e. The van der Waals surface area contributed by atoms with Crippen molar-refractivity contribution in [2.75, 3.05) is 13.1 Å². The number of amides is 3. The van der Waals surface area contributed by atoms with Gasteiger partial charge >= 0.3 is 7.12 Å². The molecule has 2 saturated heterocycles. The Bertz CT molecular complexity index is 1970. The minimum Gasteiger partial charge on any atom is -0.405 e. The zero-order valence-electron chi connectivity index (χ0n) is 38.6. The third-order valence-corrected chi connectivity index (χ3v) is 14.8. The topological polar surface area (TPSA) is 183 Å². The summed E-state index contributed by atoms with van der Waals surface area (Å²) < 4.78 is 13.0. The van der Waals surface area contributed by atoms with E-state index < -0.39 is 42.7 Å². The molecule has 2 aliphatic heterocycles. The molecule has 3 saturated carbocycles. The molecule has 5 aliphatic rings. The molecule has 5 fully saturated rings. The first kappa shape index (κ1) is 48.1. The maximum absolute atomic E-state index is 14.2. The van der Waals surface area contributed by atoms with Gasteiger partial charge in [0.2, 0.25) is 11.8 Å². The van der Waals surface area contributed by atoms with E-state index >= 15 is 0 Å².